The molecule has 0 spiro atoms. The van der Waals surface area contributed by atoms with Crippen molar-refractivity contribution in [3.05, 3.63) is 0 Å². The third-order valence-corrected chi connectivity index (χ3v) is 5.22. The molecule has 1 aliphatic heterocycles. The van der Waals surface area contributed by atoms with E-state index in [-0.39, 0.29) is 0 Å². The molecule has 0 radical (unpaired) electrons. The average molecular weight is 240 g/mol. The summed E-state index contributed by atoms with van der Waals surface area (Å²) >= 11 is 0. The molecular weight excluding hydrogens is 212 g/mol. The summed E-state index contributed by atoms with van der Waals surface area (Å²) in [5.41, 5.74) is 6.66. The lowest BCUT2D eigenvalue weighted by atomic mass is 9.85. The Bertz CT molecular complexity index is 265. The monoisotopic (exact) mass is 240 g/mol. The van der Waals surface area contributed by atoms with Crippen LogP contribution >= 0.6 is 0 Å². The summed E-state index contributed by atoms with van der Waals surface area (Å²) < 4.78 is 0. The van der Waals surface area contributed by atoms with Gasteiger partial charge in [0, 0.05) is 18.6 Å². The van der Waals surface area contributed by atoms with Gasteiger partial charge < -0.3 is 10.8 Å². The Morgan fingerprint density at radius 3 is 2.59 bits per heavy atom. The largest absolute Gasteiger partial charge is 0.395 e. The van der Waals surface area contributed by atoms with Gasteiger partial charge in [-0.3, -0.25) is 4.90 Å². The third kappa shape index (κ3) is 2.51. The Labute approximate surface area is 105 Å². The molecular formula is C14H28N2O. The molecule has 4 unspecified atom stereocenters. The van der Waals surface area contributed by atoms with Crippen LogP contribution < -0.4 is 5.73 Å². The number of aliphatic hydroxyl groups excluding tert-OH is 1. The predicted octanol–water partition coefficient (Wildman–Crippen LogP) is 1.45. The standard InChI is InChI=1S/C14H28N2O/c1-10-5-7-16(12(10)9-17)8-11-4-6-14(2,3)13(11)15/h10-13,17H,4-9,15H2,1-3H3. The summed E-state index contributed by atoms with van der Waals surface area (Å²) in [5, 5.41) is 9.48. The fourth-order valence-corrected chi connectivity index (χ4v) is 3.66. The lowest BCUT2D eigenvalue weighted by molar-refractivity contribution is 0.118. The minimum Gasteiger partial charge on any atom is -0.395 e. The third-order valence-electron chi connectivity index (χ3n) is 5.22. The second kappa shape index (κ2) is 4.87. The summed E-state index contributed by atoms with van der Waals surface area (Å²) in [7, 11) is 0. The zero-order chi connectivity index (χ0) is 12.6. The van der Waals surface area contributed by atoms with Gasteiger partial charge in [-0.25, -0.2) is 0 Å². The molecule has 2 fully saturated rings. The van der Waals surface area contributed by atoms with Crippen molar-refractivity contribution >= 4 is 0 Å². The molecule has 3 N–H and O–H groups in total. The van der Waals surface area contributed by atoms with E-state index < -0.39 is 0 Å². The Kier molecular flexibility index (Phi) is 3.81. The van der Waals surface area contributed by atoms with Gasteiger partial charge in [-0.1, -0.05) is 20.8 Å². The first-order valence-corrected chi connectivity index (χ1v) is 7.06. The predicted molar refractivity (Wildman–Crippen MR) is 70.7 cm³/mol. The molecule has 2 rings (SSSR count). The van der Waals surface area contributed by atoms with Crippen LogP contribution in [0.2, 0.25) is 0 Å². The number of rotatable bonds is 3. The summed E-state index contributed by atoms with van der Waals surface area (Å²) in [4.78, 5) is 2.47. The minimum absolute atomic E-state index is 0.296. The van der Waals surface area contributed by atoms with Crippen LogP contribution in [0.25, 0.3) is 0 Å². The molecule has 1 saturated heterocycles. The van der Waals surface area contributed by atoms with Crippen molar-refractivity contribution in [2.24, 2.45) is 23.0 Å². The molecule has 1 heterocycles. The van der Waals surface area contributed by atoms with Crippen molar-refractivity contribution in [1.29, 1.82) is 0 Å². The topological polar surface area (TPSA) is 49.5 Å². The maximum Gasteiger partial charge on any atom is 0.0589 e. The van der Waals surface area contributed by atoms with Crippen molar-refractivity contribution < 1.29 is 5.11 Å². The molecule has 0 aromatic heterocycles. The van der Waals surface area contributed by atoms with Crippen LogP contribution in [-0.4, -0.2) is 41.8 Å². The van der Waals surface area contributed by atoms with E-state index in [1.807, 2.05) is 0 Å². The first-order valence-electron chi connectivity index (χ1n) is 7.06. The van der Waals surface area contributed by atoms with Crippen molar-refractivity contribution in [2.45, 2.75) is 52.1 Å². The van der Waals surface area contributed by atoms with Crippen LogP contribution in [0.5, 0.6) is 0 Å². The normalized spacial score (nSPS) is 42.2. The molecule has 3 heteroatoms. The Hall–Kier alpha value is -0.120. The lowest BCUT2D eigenvalue weighted by Crippen LogP contribution is -2.44. The maximum absolute atomic E-state index is 9.48. The maximum atomic E-state index is 9.48. The number of nitrogens with two attached hydrogens (primary N) is 1. The van der Waals surface area contributed by atoms with E-state index in [0.717, 1.165) is 13.1 Å². The average Bonchev–Trinajstić information content (AvgIpc) is 2.74. The summed E-state index contributed by atoms with van der Waals surface area (Å²) in [6.07, 6.45) is 3.71. The van der Waals surface area contributed by atoms with Crippen molar-refractivity contribution in [1.82, 2.24) is 4.90 Å². The molecule has 1 saturated carbocycles. The SMILES string of the molecule is CC1CCN(CC2CCC(C)(C)C2N)C1CO. The van der Waals surface area contributed by atoms with Crippen LogP contribution in [0.3, 0.4) is 0 Å². The summed E-state index contributed by atoms with van der Waals surface area (Å²) in [6.45, 7) is 9.34. The van der Waals surface area contributed by atoms with Gasteiger partial charge in [-0.2, -0.15) is 0 Å². The van der Waals surface area contributed by atoms with E-state index in [0.29, 0.717) is 35.9 Å². The highest BCUT2D eigenvalue weighted by atomic mass is 16.3. The van der Waals surface area contributed by atoms with Gasteiger partial charge in [0.2, 0.25) is 0 Å². The molecule has 0 amide bonds. The fraction of sp³-hybridized carbons (Fsp3) is 1.00. The summed E-state index contributed by atoms with van der Waals surface area (Å²) in [5.74, 6) is 1.25. The van der Waals surface area contributed by atoms with Crippen LogP contribution in [0.15, 0.2) is 0 Å². The van der Waals surface area contributed by atoms with Crippen LogP contribution in [0.4, 0.5) is 0 Å². The Balaban J connectivity index is 1.94. The molecule has 0 aromatic rings. The van der Waals surface area contributed by atoms with Crippen LogP contribution in [0, 0.1) is 17.3 Å². The van der Waals surface area contributed by atoms with Gasteiger partial charge in [-0.05, 0) is 43.1 Å². The number of aliphatic hydroxyl groups is 1. The molecule has 1 aliphatic carbocycles. The van der Waals surface area contributed by atoms with Gasteiger partial charge in [0.1, 0.15) is 0 Å². The zero-order valence-corrected chi connectivity index (χ0v) is 11.5. The number of likely N-dealkylation sites (tertiary alicyclic amines) is 1. The van der Waals surface area contributed by atoms with Gasteiger partial charge in [0.05, 0.1) is 6.61 Å². The zero-order valence-electron chi connectivity index (χ0n) is 11.5. The van der Waals surface area contributed by atoms with Gasteiger partial charge >= 0.3 is 0 Å². The van der Waals surface area contributed by atoms with E-state index in [4.69, 9.17) is 5.73 Å². The molecule has 4 atom stereocenters. The molecule has 100 valence electrons. The van der Waals surface area contributed by atoms with E-state index in [1.54, 1.807) is 0 Å². The first-order chi connectivity index (χ1) is 7.95. The van der Waals surface area contributed by atoms with Crippen molar-refractivity contribution in [3.63, 3.8) is 0 Å². The quantitative estimate of drug-likeness (QED) is 0.785. The Morgan fingerprint density at radius 2 is 2.06 bits per heavy atom. The van der Waals surface area contributed by atoms with E-state index in [9.17, 15) is 5.11 Å². The van der Waals surface area contributed by atoms with E-state index in [1.165, 1.54) is 19.3 Å². The molecule has 2 aliphatic rings. The second-order valence-corrected chi connectivity index (χ2v) is 6.82. The molecule has 3 nitrogen and oxygen atoms in total. The van der Waals surface area contributed by atoms with Crippen molar-refractivity contribution in [2.75, 3.05) is 19.7 Å². The van der Waals surface area contributed by atoms with Crippen LogP contribution in [0.1, 0.15) is 40.0 Å². The second-order valence-electron chi connectivity index (χ2n) is 6.82. The molecule has 0 aromatic carbocycles. The van der Waals surface area contributed by atoms with E-state index in [2.05, 4.69) is 25.7 Å². The van der Waals surface area contributed by atoms with Gasteiger partial charge in [0.15, 0.2) is 0 Å². The van der Waals surface area contributed by atoms with Gasteiger partial charge in [-0.15, -0.1) is 0 Å². The summed E-state index contributed by atoms with van der Waals surface area (Å²) in [6, 6.07) is 0.684. The molecule has 17 heavy (non-hydrogen) atoms. The fourth-order valence-electron chi connectivity index (χ4n) is 3.66. The van der Waals surface area contributed by atoms with Crippen LogP contribution in [-0.2, 0) is 0 Å². The minimum atomic E-state index is 0.296. The number of nitrogens with zero attached hydrogens (tertiary/aromatic N) is 1. The Morgan fingerprint density at radius 1 is 1.35 bits per heavy atom. The van der Waals surface area contributed by atoms with E-state index >= 15 is 0 Å². The molecule has 0 bridgehead atoms. The highest BCUT2D eigenvalue weighted by Crippen LogP contribution is 2.41. The first kappa shape index (κ1) is 13.3. The number of hydrogen-bond acceptors (Lipinski definition) is 3. The highest BCUT2D eigenvalue weighted by molar-refractivity contribution is 4.97. The van der Waals surface area contributed by atoms with Crippen molar-refractivity contribution in [3.8, 4) is 0 Å². The highest BCUT2D eigenvalue weighted by Gasteiger charge is 2.41. The van der Waals surface area contributed by atoms with Gasteiger partial charge in [0.25, 0.3) is 0 Å². The number of hydrogen-bond donors (Lipinski definition) is 2. The lowest BCUT2D eigenvalue weighted by Gasteiger charge is -2.32. The smallest absolute Gasteiger partial charge is 0.0589 e.